The van der Waals surface area contributed by atoms with Gasteiger partial charge in [0.25, 0.3) is 0 Å². The fourth-order valence-electron chi connectivity index (χ4n) is 1.60. The average molecular weight is 335 g/mol. The number of thiazole rings is 1. The maximum atomic E-state index is 13.4. The van der Waals surface area contributed by atoms with Crippen molar-refractivity contribution in [3.63, 3.8) is 0 Å². The zero-order valence-corrected chi connectivity index (χ0v) is 13.2. The molecule has 108 valence electrons. The fraction of sp³-hybridized carbons (Fsp3) is 0.250. The minimum atomic E-state index is -3.78. The summed E-state index contributed by atoms with van der Waals surface area (Å²) in [5, 5.41) is 2.32. The molecule has 0 aliphatic rings. The van der Waals surface area contributed by atoms with Crippen molar-refractivity contribution >= 4 is 33.0 Å². The van der Waals surface area contributed by atoms with Crippen LogP contribution in [0.1, 0.15) is 10.6 Å². The second kappa shape index (κ2) is 5.77. The SMILES string of the molecule is Cc1cc(S(=O)(=O)N(C)Cc2nccs2)c(Cl)cc1F. The Morgan fingerprint density at radius 2 is 2.15 bits per heavy atom. The summed E-state index contributed by atoms with van der Waals surface area (Å²) in [5.74, 6) is -0.531. The number of sulfonamides is 1. The number of benzene rings is 1. The molecule has 2 rings (SSSR count). The summed E-state index contributed by atoms with van der Waals surface area (Å²) in [6.07, 6.45) is 1.61. The highest BCUT2D eigenvalue weighted by Gasteiger charge is 2.25. The minimum Gasteiger partial charge on any atom is -0.248 e. The summed E-state index contributed by atoms with van der Waals surface area (Å²) in [7, 11) is -2.35. The molecule has 20 heavy (non-hydrogen) atoms. The Kier molecular flexibility index (Phi) is 4.43. The zero-order valence-electron chi connectivity index (χ0n) is 10.8. The molecule has 0 fully saturated rings. The molecule has 1 aromatic carbocycles. The van der Waals surface area contributed by atoms with Gasteiger partial charge < -0.3 is 0 Å². The van der Waals surface area contributed by atoms with Gasteiger partial charge in [0.15, 0.2) is 0 Å². The molecule has 0 radical (unpaired) electrons. The maximum Gasteiger partial charge on any atom is 0.244 e. The monoisotopic (exact) mass is 334 g/mol. The first-order chi connectivity index (χ1) is 9.32. The number of halogens is 2. The van der Waals surface area contributed by atoms with E-state index in [2.05, 4.69) is 4.98 Å². The molecule has 0 aliphatic carbocycles. The van der Waals surface area contributed by atoms with E-state index in [1.165, 1.54) is 31.4 Å². The van der Waals surface area contributed by atoms with Gasteiger partial charge in [-0.25, -0.2) is 17.8 Å². The van der Waals surface area contributed by atoms with Gasteiger partial charge in [-0.1, -0.05) is 11.6 Å². The van der Waals surface area contributed by atoms with Crippen LogP contribution in [0.5, 0.6) is 0 Å². The van der Waals surface area contributed by atoms with Crippen LogP contribution in [0.25, 0.3) is 0 Å². The first-order valence-electron chi connectivity index (χ1n) is 5.62. The van der Waals surface area contributed by atoms with Crippen LogP contribution < -0.4 is 0 Å². The van der Waals surface area contributed by atoms with Crippen molar-refractivity contribution in [1.82, 2.24) is 9.29 Å². The fourth-order valence-corrected chi connectivity index (χ4v) is 4.06. The van der Waals surface area contributed by atoms with Crippen molar-refractivity contribution in [1.29, 1.82) is 0 Å². The topological polar surface area (TPSA) is 50.3 Å². The Morgan fingerprint density at radius 1 is 1.45 bits per heavy atom. The van der Waals surface area contributed by atoms with Crippen LogP contribution in [0, 0.1) is 12.7 Å². The zero-order chi connectivity index (χ0) is 14.9. The molecular formula is C12H12ClFN2O2S2. The highest BCUT2D eigenvalue weighted by Crippen LogP contribution is 2.27. The van der Waals surface area contributed by atoms with E-state index in [9.17, 15) is 12.8 Å². The Bertz CT molecular complexity index is 717. The quantitative estimate of drug-likeness (QED) is 0.863. The lowest BCUT2D eigenvalue weighted by molar-refractivity contribution is 0.465. The summed E-state index contributed by atoms with van der Waals surface area (Å²) >= 11 is 7.22. The molecule has 1 aromatic heterocycles. The van der Waals surface area contributed by atoms with Crippen molar-refractivity contribution in [2.45, 2.75) is 18.4 Å². The van der Waals surface area contributed by atoms with Gasteiger partial charge in [-0.2, -0.15) is 4.31 Å². The van der Waals surface area contributed by atoms with E-state index in [1.54, 1.807) is 11.6 Å². The van der Waals surface area contributed by atoms with Gasteiger partial charge in [-0.05, 0) is 24.6 Å². The molecule has 0 N–H and O–H groups in total. The second-order valence-electron chi connectivity index (χ2n) is 4.22. The molecule has 0 unspecified atom stereocenters. The molecule has 2 aromatic rings. The molecule has 0 saturated heterocycles. The lowest BCUT2D eigenvalue weighted by Gasteiger charge is -2.17. The standard InChI is InChI=1S/C12H12ClFN2O2S2/c1-8-5-11(9(13)6-10(8)14)20(17,18)16(2)7-12-15-3-4-19-12/h3-6H,7H2,1-2H3. The first-order valence-corrected chi connectivity index (χ1v) is 8.32. The van der Waals surface area contributed by atoms with Crippen molar-refractivity contribution in [2.75, 3.05) is 7.05 Å². The number of hydrogen-bond donors (Lipinski definition) is 0. The number of rotatable bonds is 4. The van der Waals surface area contributed by atoms with Crippen molar-refractivity contribution in [2.24, 2.45) is 0 Å². The van der Waals surface area contributed by atoms with E-state index >= 15 is 0 Å². The van der Waals surface area contributed by atoms with Crippen LogP contribution in [0.2, 0.25) is 5.02 Å². The molecule has 0 amide bonds. The average Bonchev–Trinajstić information content (AvgIpc) is 2.86. The Labute approximate surface area is 125 Å². The van der Waals surface area contributed by atoms with Crippen molar-refractivity contribution in [3.05, 3.63) is 45.1 Å². The third kappa shape index (κ3) is 3.01. The van der Waals surface area contributed by atoms with Crippen LogP contribution in [0.3, 0.4) is 0 Å². The van der Waals surface area contributed by atoms with Gasteiger partial charge in [0, 0.05) is 18.6 Å². The summed E-state index contributed by atoms with van der Waals surface area (Å²) in [6.45, 7) is 1.64. The highest BCUT2D eigenvalue weighted by atomic mass is 35.5. The Balaban J connectivity index is 2.37. The van der Waals surface area contributed by atoms with E-state index < -0.39 is 15.8 Å². The lowest BCUT2D eigenvalue weighted by atomic mass is 10.2. The molecule has 0 saturated carbocycles. The molecule has 4 nitrogen and oxygen atoms in total. The molecule has 0 aliphatic heterocycles. The molecule has 1 heterocycles. The Morgan fingerprint density at radius 3 is 2.75 bits per heavy atom. The maximum absolute atomic E-state index is 13.4. The lowest BCUT2D eigenvalue weighted by Crippen LogP contribution is -2.26. The normalized spacial score (nSPS) is 12.1. The molecule has 8 heteroatoms. The van der Waals surface area contributed by atoms with Gasteiger partial charge in [-0.15, -0.1) is 11.3 Å². The van der Waals surface area contributed by atoms with Crippen molar-refractivity contribution in [3.8, 4) is 0 Å². The van der Waals surface area contributed by atoms with E-state index in [1.807, 2.05) is 0 Å². The van der Waals surface area contributed by atoms with Crippen LogP contribution in [0.4, 0.5) is 4.39 Å². The van der Waals surface area contributed by atoms with Crippen molar-refractivity contribution < 1.29 is 12.8 Å². The van der Waals surface area contributed by atoms with Crippen LogP contribution in [0.15, 0.2) is 28.6 Å². The van der Waals surface area contributed by atoms with Gasteiger partial charge in [0.1, 0.15) is 15.7 Å². The van der Waals surface area contributed by atoms with Gasteiger partial charge in [0.05, 0.1) is 11.6 Å². The molecule has 0 spiro atoms. The molecular weight excluding hydrogens is 323 g/mol. The largest absolute Gasteiger partial charge is 0.248 e. The smallest absolute Gasteiger partial charge is 0.244 e. The predicted molar refractivity (Wildman–Crippen MR) is 76.9 cm³/mol. The van der Waals surface area contributed by atoms with Crippen LogP contribution in [-0.4, -0.2) is 24.8 Å². The van der Waals surface area contributed by atoms with Gasteiger partial charge in [0.2, 0.25) is 10.0 Å². The van der Waals surface area contributed by atoms with Gasteiger partial charge >= 0.3 is 0 Å². The predicted octanol–water partition coefficient (Wildman–Crippen LogP) is 3.06. The van der Waals surface area contributed by atoms with E-state index in [-0.39, 0.29) is 22.0 Å². The van der Waals surface area contributed by atoms with Crippen LogP contribution in [-0.2, 0) is 16.6 Å². The highest BCUT2D eigenvalue weighted by molar-refractivity contribution is 7.89. The van der Waals surface area contributed by atoms with E-state index in [0.717, 1.165) is 10.4 Å². The van der Waals surface area contributed by atoms with E-state index in [0.29, 0.717) is 5.01 Å². The number of hydrogen-bond acceptors (Lipinski definition) is 4. The van der Waals surface area contributed by atoms with Gasteiger partial charge in [-0.3, -0.25) is 0 Å². The summed E-state index contributed by atoms with van der Waals surface area (Å²) in [5.41, 5.74) is 0.232. The first kappa shape index (κ1) is 15.4. The number of nitrogens with zero attached hydrogens (tertiary/aromatic N) is 2. The summed E-state index contributed by atoms with van der Waals surface area (Å²) in [4.78, 5) is 3.94. The summed E-state index contributed by atoms with van der Waals surface area (Å²) < 4.78 is 39.4. The third-order valence-electron chi connectivity index (χ3n) is 2.74. The Hall–Kier alpha value is -1.02. The third-order valence-corrected chi connectivity index (χ3v) is 5.78. The second-order valence-corrected chi connectivity index (χ2v) is 7.62. The molecule has 0 bridgehead atoms. The minimum absolute atomic E-state index is 0.0999. The number of aryl methyl sites for hydroxylation is 1. The summed E-state index contributed by atoms with van der Waals surface area (Å²) in [6, 6.07) is 2.26. The number of aromatic nitrogens is 1. The molecule has 0 atom stereocenters. The van der Waals surface area contributed by atoms with Crippen LogP contribution >= 0.6 is 22.9 Å². The van der Waals surface area contributed by atoms with E-state index in [4.69, 9.17) is 11.6 Å².